The number of benzene rings is 1. The van der Waals surface area contributed by atoms with E-state index < -0.39 is 22.0 Å². The maximum atomic E-state index is 12.5. The van der Waals surface area contributed by atoms with Crippen LogP contribution >= 0.6 is 0 Å². The van der Waals surface area contributed by atoms with Gasteiger partial charge in [-0.25, -0.2) is 13.2 Å². The van der Waals surface area contributed by atoms with Gasteiger partial charge in [0.1, 0.15) is 6.04 Å². The van der Waals surface area contributed by atoms with Crippen LogP contribution in [-0.4, -0.2) is 59.8 Å². The Hall–Kier alpha value is -1.93. The third kappa shape index (κ3) is 5.07. The van der Waals surface area contributed by atoms with Crippen LogP contribution in [0.3, 0.4) is 0 Å². The first kappa shape index (κ1) is 21.4. The molecule has 1 N–H and O–H groups in total. The summed E-state index contributed by atoms with van der Waals surface area (Å²) in [5, 5.41) is 9.20. The summed E-state index contributed by atoms with van der Waals surface area (Å²) in [7, 11) is -3.49. The van der Waals surface area contributed by atoms with Crippen molar-refractivity contribution in [2.24, 2.45) is 0 Å². The van der Waals surface area contributed by atoms with E-state index in [1.807, 2.05) is 0 Å². The van der Waals surface area contributed by atoms with Gasteiger partial charge in [0.2, 0.25) is 15.9 Å². The van der Waals surface area contributed by atoms with Crippen molar-refractivity contribution < 1.29 is 23.1 Å². The summed E-state index contributed by atoms with van der Waals surface area (Å²) in [4.78, 5) is 25.4. The van der Waals surface area contributed by atoms with E-state index in [9.17, 15) is 23.1 Å². The Labute approximate surface area is 161 Å². The molecular weight excluding hydrogens is 368 g/mol. The highest BCUT2D eigenvalue weighted by molar-refractivity contribution is 7.89. The molecule has 1 aromatic carbocycles. The number of carboxylic acid groups (broad SMARTS) is 1. The van der Waals surface area contributed by atoms with Gasteiger partial charge in [-0.2, -0.15) is 4.31 Å². The smallest absolute Gasteiger partial charge is 0.326 e. The summed E-state index contributed by atoms with van der Waals surface area (Å²) in [6, 6.07) is 5.76. The lowest BCUT2D eigenvalue weighted by atomic mass is 10.1. The molecule has 0 bridgehead atoms. The average molecular weight is 397 g/mol. The zero-order valence-electron chi connectivity index (χ0n) is 16.1. The average Bonchev–Trinajstić information content (AvgIpc) is 3.46. The first-order valence-electron chi connectivity index (χ1n) is 9.35. The molecule has 27 heavy (non-hydrogen) atoms. The van der Waals surface area contributed by atoms with E-state index in [0.29, 0.717) is 19.5 Å². The fourth-order valence-electron chi connectivity index (χ4n) is 3.13. The molecule has 0 spiro atoms. The minimum Gasteiger partial charge on any atom is -0.480 e. The van der Waals surface area contributed by atoms with E-state index in [1.54, 1.807) is 38.1 Å². The zero-order chi connectivity index (χ0) is 20.2. The highest BCUT2D eigenvalue weighted by atomic mass is 32.2. The largest absolute Gasteiger partial charge is 0.480 e. The molecule has 150 valence electrons. The molecular formula is C19H28N2O5S. The monoisotopic (exact) mass is 396 g/mol. The van der Waals surface area contributed by atoms with Crippen LogP contribution in [0.4, 0.5) is 0 Å². The van der Waals surface area contributed by atoms with Gasteiger partial charge in [0.15, 0.2) is 0 Å². The first-order valence-corrected chi connectivity index (χ1v) is 10.8. The number of carbonyl (C=O) groups is 2. The van der Waals surface area contributed by atoms with Crippen molar-refractivity contribution in [2.45, 2.75) is 63.4 Å². The lowest BCUT2D eigenvalue weighted by Gasteiger charge is -2.26. The molecule has 8 heteroatoms. The van der Waals surface area contributed by atoms with Crippen LogP contribution in [0.25, 0.3) is 0 Å². The second-order valence-corrected chi connectivity index (χ2v) is 8.72. The SMILES string of the molecule is CCN(CC)S(=O)(=O)c1ccc(CCC(=O)N(C2CC2)C(C)C(=O)O)cc1. The number of hydrogen-bond acceptors (Lipinski definition) is 4. The Morgan fingerprint density at radius 1 is 1.15 bits per heavy atom. The lowest BCUT2D eigenvalue weighted by Crippen LogP contribution is -2.44. The van der Waals surface area contributed by atoms with E-state index in [2.05, 4.69) is 0 Å². The lowest BCUT2D eigenvalue weighted by molar-refractivity contribution is -0.150. The van der Waals surface area contributed by atoms with Crippen molar-refractivity contribution in [3.8, 4) is 0 Å². The molecule has 1 unspecified atom stereocenters. The molecule has 2 rings (SSSR count). The number of carboxylic acids is 1. The van der Waals surface area contributed by atoms with Gasteiger partial charge in [-0.1, -0.05) is 26.0 Å². The van der Waals surface area contributed by atoms with E-state index in [1.165, 1.54) is 16.1 Å². The van der Waals surface area contributed by atoms with E-state index >= 15 is 0 Å². The Balaban J connectivity index is 2.02. The highest BCUT2D eigenvalue weighted by Crippen LogP contribution is 2.29. The number of sulfonamides is 1. The number of aryl methyl sites for hydroxylation is 1. The van der Waals surface area contributed by atoms with Gasteiger partial charge >= 0.3 is 5.97 Å². The summed E-state index contributed by atoms with van der Waals surface area (Å²) in [6.45, 7) is 5.95. The van der Waals surface area contributed by atoms with Crippen LogP contribution in [0.15, 0.2) is 29.2 Å². The number of amides is 1. The normalized spacial score (nSPS) is 15.6. The van der Waals surface area contributed by atoms with Crippen LogP contribution < -0.4 is 0 Å². The van der Waals surface area contributed by atoms with Crippen LogP contribution in [0, 0.1) is 0 Å². The Kier molecular flexibility index (Phi) is 7.00. The number of rotatable bonds is 10. The summed E-state index contributed by atoms with van der Waals surface area (Å²) < 4.78 is 26.4. The van der Waals surface area contributed by atoms with Crippen LogP contribution in [0.2, 0.25) is 0 Å². The van der Waals surface area contributed by atoms with Crippen molar-refractivity contribution >= 4 is 21.9 Å². The molecule has 1 aromatic rings. The van der Waals surface area contributed by atoms with E-state index in [4.69, 9.17) is 0 Å². The van der Waals surface area contributed by atoms with Crippen LogP contribution in [0.1, 0.15) is 45.6 Å². The Morgan fingerprint density at radius 2 is 1.70 bits per heavy atom. The minimum absolute atomic E-state index is 0.0326. The predicted octanol–water partition coefficient (Wildman–Crippen LogP) is 2.11. The Morgan fingerprint density at radius 3 is 2.15 bits per heavy atom. The maximum Gasteiger partial charge on any atom is 0.326 e. The quantitative estimate of drug-likeness (QED) is 0.654. The summed E-state index contributed by atoms with van der Waals surface area (Å²) in [5.41, 5.74) is 0.848. The van der Waals surface area contributed by atoms with Crippen molar-refractivity contribution in [3.05, 3.63) is 29.8 Å². The molecule has 1 aliphatic carbocycles. The second-order valence-electron chi connectivity index (χ2n) is 6.78. The molecule has 0 saturated heterocycles. The predicted molar refractivity (Wildman–Crippen MR) is 102 cm³/mol. The third-order valence-corrected chi connectivity index (χ3v) is 6.96. The standard InChI is InChI=1S/C19H28N2O5S/c1-4-20(5-2)27(25,26)17-11-6-15(7-12-17)8-13-18(22)21(16-9-10-16)14(3)19(23)24/h6-7,11-12,14,16H,4-5,8-10,13H2,1-3H3,(H,23,24). The van der Waals surface area contributed by atoms with E-state index in [0.717, 1.165) is 18.4 Å². The number of hydrogen-bond donors (Lipinski definition) is 1. The molecule has 0 radical (unpaired) electrons. The van der Waals surface area contributed by atoms with Gasteiger partial charge < -0.3 is 10.0 Å². The molecule has 1 amide bonds. The number of nitrogens with zero attached hydrogens (tertiary/aromatic N) is 2. The maximum absolute atomic E-state index is 12.5. The van der Waals surface area contributed by atoms with Crippen LogP contribution in [-0.2, 0) is 26.0 Å². The molecule has 1 aliphatic rings. The summed E-state index contributed by atoms with van der Waals surface area (Å²) >= 11 is 0. The molecule has 0 aliphatic heterocycles. The second kappa shape index (κ2) is 8.84. The van der Waals surface area contributed by atoms with Crippen molar-refractivity contribution in [1.82, 2.24) is 9.21 Å². The zero-order valence-corrected chi connectivity index (χ0v) is 16.9. The van der Waals surface area contributed by atoms with Crippen LogP contribution in [0.5, 0.6) is 0 Å². The summed E-state index contributed by atoms with van der Waals surface area (Å²) in [5.74, 6) is -1.17. The third-order valence-electron chi connectivity index (χ3n) is 4.90. The molecule has 7 nitrogen and oxygen atoms in total. The van der Waals surface area contributed by atoms with Gasteiger partial charge in [-0.3, -0.25) is 4.79 Å². The van der Waals surface area contributed by atoms with Gasteiger partial charge in [0.25, 0.3) is 0 Å². The van der Waals surface area contributed by atoms with Gasteiger partial charge in [-0.05, 0) is 43.9 Å². The fraction of sp³-hybridized carbons (Fsp3) is 0.579. The van der Waals surface area contributed by atoms with E-state index in [-0.39, 0.29) is 23.3 Å². The molecule has 1 fully saturated rings. The number of carbonyl (C=O) groups excluding carboxylic acids is 1. The summed E-state index contributed by atoms with van der Waals surface area (Å²) in [6.07, 6.45) is 2.35. The fourth-order valence-corrected chi connectivity index (χ4v) is 4.59. The van der Waals surface area contributed by atoms with Gasteiger partial charge in [0.05, 0.1) is 4.90 Å². The van der Waals surface area contributed by atoms with Gasteiger partial charge in [0, 0.05) is 25.6 Å². The molecule has 1 atom stereocenters. The number of aliphatic carboxylic acids is 1. The highest BCUT2D eigenvalue weighted by Gasteiger charge is 2.37. The van der Waals surface area contributed by atoms with Crippen molar-refractivity contribution in [2.75, 3.05) is 13.1 Å². The molecule has 0 heterocycles. The molecule has 1 saturated carbocycles. The first-order chi connectivity index (χ1) is 12.7. The van der Waals surface area contributed by atoms with Crippen molar-refractivity contribution in [1.29, 1.82) is 0 Å². The topological polar surface area (TPSA) is 95.0 Å². The van der Waals surface area contributed by atoms with Crippen molar-refractivity contribution in [3.63, 3.8) is 0 Å². The Bertz CT molecular complexity index is 768. The van der Waals surface area contributed by atoms with Gasteiger partial charge in [-0.15, -0.1) is 0 Å². The molecule has 0 aromatic heterocycles. The minimum atomic E-state index is -3.49.